The fourth-order valence-corrected chi connectivity index (χ4v) is 3.06. The van der Waals surface area contributed by atoms with E-state index in [4.69, 9.17) is 69.6 Å². The molecule has 0 saturated heterocycles. The molecule has 8 heteroatoms. The van der Waals surface area contributed by atoms with Crippen molar-refractivity contribution in [3.63, 3.8) is 0 Å². The summed E-state index contributed by atoms with van der Waals surface area (Å²) in [4.78, 5) is 4.12. The van der Waals surface area contributed by atoms with Gasteiger partial charge in [0.25, 0.3) is 0 Å². The third-order valence-electron chi connectivity index (χ3n) is 2.57. The van der Waals surface area contributed by atoms with Crippen LogP contribution in [0, 0.1) is 0 Å². The van der Waals surface area contributed by atoms with E-state index in [0.29, 0.717) is 21.8 Å². The maximum atomic E-state index is 9.23. The molecule has 0 aliphatic carbocycles. The van der Waals surface area contributed by atoms with Gasteiger partial charge in [-0.15, -0.1) is 0 Å². The second-order valence-electron chi connectivity index (χ2n) is 3.76. The number of pyridine rings is 1. The molecular weight excluding hydrogens is 387 g/mol. The molecule has 0 spiro atoms. The van der Waals surface area contributed by atoms with E-state index in [2.05, 4.69) is 4.98 Å². The summed E-state index contributed by atoms with van der Waals surface area (Å²) in [6, 6.07) is 1.55. The summed E-state index contributed by atoms with van der Waals surface area (Å²) in [7, 11) is 0. The zero-order valence-corrected chi connectivity index (χ0v) is 14.1. The van der Waals surface area contributed by atoms with Gasteiger partial charge < -0.3 is 5.11 Å². The van der Waals surface area contributed by atoms with Crippen LogP contribution < -0.4 is 0 Å². The number of hydrogen-bond donors (Lipinski definition) is 1. The standard InChI is InChI=1S/C12H5Cl6NO/c13-5-2-19-6(1-4(5)3-20)7-8(14)10(16)12(18)11(17)9(7)15/h1-2,20H,3H2. The van der Waals surface area contributed by atoms with Gasteiger partial charge in [0.15, 0.2) is 0 Å². The van der Waals surface area contributed by atoms with Crippen molar-refractivity contribution in [2.45, 2.75) is 6.61 Å². The number of rotatable bonds is 2. The highest BCUT2D eigenvalue weighted by Gasteiger charge is 2.21. The van der Waals surface area contributed by atoms with E-state index >= 15 is 0 Å². The van der Waals surface area contributed by atoms with Crippen molar-refractivity contribution in [1.82, 2.24) is 4.98 Å². The number of aliphatic hydroxyl groups excluding tert-OH is 1. The number of aromatic nitrogens is 1. The Hall–Kier alpha value is 0.0700. The van der Waals surface area contributed by atoms with Crippen molar-refractivity contribution in [2.75, 3.05) is 0 Å². The SMILES string of the molecule is OCc1cc(-c2c(Cl)c(Cl)c(Cl)c(Cl)c2Cl)ncc1Cl. The topological polar surface area (TPSA) is 33.1 Å². The normalized spacial score (nSPS) is 10.9. The van der Waals surface area contributed by atoms with Crippen LogP contribution in [0.2, 0.25) is 30.1 Å². The van der Waals surface area contributed by atoms with Crippen LogP contribution in [-0.4, -0.2) is 10.1 Å². The lowest BCUT2D eigenvalue weighted by Crippen LogP contribution is -1.93. The summed E-state index contributed by atoms with van der Waals surface area (Å²) < 4.78 is 0. The molecule has 1 aromatic heterocycles. The highest BCUT2D eigenvalue weighted by molar-refractivity contribution is 6.56. The molecule has 0 saturated carbocycles. The minimum Gasteiger partial charge on any atom is -0.392 e. The van der Waals surface area contributed by atoms with Crippen molar-refractivity contribution in [3.8, 4) is 11.3 Å². The second kappa shape index (κ2) is 6.45. The minimum absolute atomic E-state index is 0.0726. The average molecular weight is 392 g/mol. The molecule has 20 heavy (non-hydrogen) atoms. The average Bonchev–Trinajstić information content (AvgIpc) is 2.45. The molecule has 106 valence electrons. The first-order valence-corrected chi connectivity index (χ1v) is 7.42. The lowest BCUT2D eigenvalue weighted by Gasteiger charge is -2.13. The predicted octanol–water partition coefficient (Wildman–Crippen LogP) is 6.16. The molecule has 0 aliphatic heterocycles. The van der Waals surface area contributed by atoms with Crippen molar-refractivity contribution in [1.29, 1.82) is 0 Å². The maximum Gasteiger partial charge on any atom is 0.0809 e. The lowest BCUT2D eigenvalue weighted by molar-refractivity contribution is 0.282. The Bertz CT molecular complexity index is 659. The summed E-state index contributed by atoms with van der Waals surface area (Å²) in [5, 5.41) is 10.1. The Morgan fingerprint density at radius 3 is 1.85 bits per heavy atom. The Labute approximate surface area is 145 Å². The fraction of sp³-hybridized carbons (Fsp3) is 0.0833. The van der Waals surface area contributed by atoms with E-state index in [-0.39, 0.29) is 31.7 Å². The van der Waals surface area contributed by atoms with Crippen LogP contribution in [-0.2, 0) is 6.61 Å². The Morgan fingerprint density at radius 2 is 1.35 bits per heavy atom. The molecule has 0 atom stereocenters. The highest BCUT2D eigenvalue weighted by Crippen LogP contribution is 2.47. The molecule has 0 aliphatic rings. The highest BCUT2D eigenvalue weighted by atomic mass is 35.5. The van der Waals surface area contributed by atoms with Gasteiger partial charge in [-0.2, -0.15) is 0 Å². The molecule has 1 N–H and O–H groups in total. The van der Waals surface area contributed by atoms with Crippen molar-refractivity contribution in [3.05, 3.63) is 48.0 Å². The summed E-state index contributed by atoms with van der Waals surface area (Å²) >= 11 is 36.1. The van der Waals surface area contributed by atoms with E-state index < -0.39 is 0 Å². The van der Waals surface area contributed by atoms with Crippen LogP contribution >= 0.6 is 69.6 Å². The fourth-order valence-electron chi connectivity index (χ4n) is 1.57. The van der Waals surface area contributed by atoms with Crippen LogP contribution in [0.3, 0.4) is 0 Å². The predicted molar refractivity (Wildman–Crippen MR) is 85.7 cm³/mol. The Morgan fingerprint density at radius 1 is 0.850 bits per heavy atom. The van der Waals surface area contributed by atoms with E-state index in [0.717, 1.165) is 0 Å². The molecule has 0 amide bonds. The van der Waals surface area contributed by atoms with Gasteiger partial charge in [0.05, 0.1) is 42.4 Å². The van der Waals surface area contributed by atoms with Gasteiger partial charge in [-0.3, -0.25) is 4.98 Å². The first-order chi connectivity index (χ1) is 9.38. The van der Waals surface area contributed by atoms with Crippen LogP contribution in [0.25, 0.3) is 11.3 Å². The summed E-state index contributed by atoms with van der Waals surface area (Å²) in [5.41, 5.74) is 1.19. The molecule has 0 fully saturated rings. The number of halogens is 6. The summed E-state index contributed by atoms with van der Waals surface area (Å²) in [6.45, 7) is -0.251. The van der Waals surface area contributed by atoms with Gasteiger partial charge in [-0.1, -0.05) is 69.6 Å². The van der Waals surface area contributed by atoms with Gasteiger partial charge >= 0.3 is 0 Å². The van der Waals surface area contributed by atoms with Crippen LogP contribution in [0.15, 0.2) is 12.3 Å². The molecule has 1 heterocycles. The van der Waals surface area contributed by atoms with Gasteiger partial charge in [-0.05, 0) is 11.6 Å². The monoisotopic (exact) mass is 389 g/mol. The summed E-state index contributed by atoms with van der Waals surface area (Å²) in [5.74, 6) is 0. The van der Waals surface area contributed by atoms with Gasteiger partial charge in [0.1, 0.15) is 0 Å². The summed E-state index contributed by atoms with van der Waals surface area (Å²) in [6.07, 6.45) is 1.38. The third-order valence-corrected chi connectivity index (χ3v) is 5.19. The van der Waals surface area contributed by atoms with Gasteiger partial charge in [-0.25, -0.2) is 0 Å². The zero-order valence-electron chi connectivity index (χ0n) is 9.52. The first-order valence-electron chi connectivity index (χ1n) is 5.15. The molecule has 2 aromatic rings. The van der Waals surface area contributed by atoms with Crippen LogP contribution in [0.4, 0.5) is 0 Å². The van der Waals surface area contributed by atoms with Crippen molar-refractivity contribution in [2.24, 2.45) is 0 Å². The first kappa shape index (κ1) is 16.4. The molecule has 0 bridgehead atoms. The number of nitrogens with zero attached hydrogens (tertiary/aromatic N) is 1. The number of hydrogen-bond acceptors (Lipinski definition) is 2. The maximum absolute atomic E-state index is 9.23. The third kappa shape index (κ3) is 2.84. The molecule has 0 unspecified atom stereocenters. The molecular formula is C12H5Cl6NO. The van der Waals surface area contributed by atoms with E-state index in [1.54, 1.807) is 6.07 Å². The van der Waals surface area contributed by atoms with Crippen LogP contribution in [0.1, 0.15) is 5.56 Å². The Balaban J connectivity index is 2.76. The van der Waals surface area contributed by atoms with Crippen molar-refractivity contribution < 1.29 is 5.11 Å². The minimum atomic E-state index is -0.251. The quantitative estimate of drug-likeness (QED) is 0.491. The lowest BCUT2D eigenvalue weighted by atomic mass is 10.1. The van der Waals surface area contributed by atoms with E-state index in [1.807, 2.05) is 0 Å². The smallest absolute Gasteiger partial charge is 0.0809 e. The van der Waals surface area contributed by atoms with E-state index in [9.17, 15) is 5.11 Å². The molecule has 1 aromatic carbocycles. The van der Waals surface area contributed by atoms with Crippen molar-refractivity contribution >= 4 is 69.6 Å². The van der Waals surface area contributed by atoms with Crippen LogP contribution in [0.5, 0.6) is 0 Å². The zero-order chi connectivity index (χ0) is 15.0. The number of aliphatic hydroxyl groups is 1. The van der Waals surface area contributed by atoms with Gasteiger partial charge in [0, 0.05) is 11.8 Å². The molecule has 0 radical (unpaired) electrons. The Kier molecular flexibility index (Phi) is 5.30. The molecule has 2 nitrogen and oxygen atoms in total. The largest absolute Gasteiger partial charge is 0.392 e. The second-order valence-corrected chi connectivity index (χ2v) is 6.06. The van der Waals surface area contributed by atoms with Gasteiger partial charge in [0.2, 0.25) is 0 Å². The van der Waals surface area contributed by atoms with E-state index in [1.165, 1.54) is 6.20 Å². The molecule has 2 rings (SSSR count). The number of benzene rings is 1.